The number of rotatable bonds is 4. The number of hydrogen-bond donors (Lipinski definition) is 2. The van der Waals surface area contributed by atoms with Gasteiger partial charge in [-0.25, -0.2) is 0 Å². The van der Waals surface area contributed by atoms with E-state index in [0.717, 1.165) is 35.4 Å². The number of aromatic nitrogens is 2. The molecule has 17 heavy (non-hydrogen) atoms. The summed E-state index contributed by atoms with van der Waals surface area (Å²) in [5.74, 6) is 0.161. The minimum absolute atomic E-state index is 0.161. The SMILES string of the molecule is Cc1nn(C)c(CNCC2CCC(=O)N2)c1Br. The van der Waals surface area contributed by atoms with Crippen molar-refractivity contribution in [3.8, 4) is 0 Å². The van der Waals surface area contributed by atoms with E-state index in [1.165, 1.54) is 0 Å². The Balaban J connectivity index is 1.84. The third kappa shape index (κ3) is 2.87. The quantitative estimate of drug-likeness (QED) is 0.867. The van der Waals surface area contributed by atoms with Gasteiger partial charge in [0.05, 0.1) is 15.9 Å². The van der Waals surface area contributed by atoms with Crippen molar-refractivity contribution in [2.75, 3.05) is 6.54 Å². The summed E-state index contributed by atoms with van der Waals surface area (Å²) in [4.78, 5) is 11.0. The average molecular weight is 301 g/mol. The van der Waals surface area contributed by atoms with E-state index < -0.39 is 0 Å². The van der Waals surface area contributed by atoms with Gasteiger partial charge in [0.1, 0.15) is 0 Å². The van der Waals surface area contributed by atoms with Gasteiger partial charge in [0.25, 0.3) is 0 Å². The molecule has 6 heteroatoms. The molecule has 1 atom stereocenters. The number of aryl methyl sites for hydroxylation is 2. The molecule has 1 saturated heterocycles. The van der Waals surface area contributed by atoms with Gasteiger partial charge in [0.15, 0.2) is 0 Å². The van der Waals surface area contributed by atoms with Gasteiger partial charge in [0.2, 0.25) is 5.91 Å². The Hall–Kier alpha value is -0.880. The first kappa shape index (κ1) is 12.6. The van der Waals surface area contributed by atoms with Gasteiger partial charge < -0.3 is 10.6 Å². The van der Waals surface area contributed by atoms with E-state index in [1.54, 1.807) is 0 Å². The second-order valence-corrected chi connectivity index (χ2v) is 5.20. The molecule has 94 valence electrons. The van der Waals surface area contributed by atoms with Crippen molar-refractivity contribution in [2.24, 2.45) is 7.05 Å². The molecule has 1 aromatic rings. The second-order valence-electron chi connectivity index (χ2n) is 4.40. The predicted octanol–water partition coefficient (Wildman–Crippen LogP) is 0.859. The normalized spacial score (nSPS) is 19.7. The molecule has 2 rings (SSSR count). The summed E-state index contributed by atoms with van der Waals surface area (Å²) >= 11 is 3.53. The highest BCUT2D eigenvalue weighted by Crippen LogP contribution is 2.19. The first-order valence-electron chi connectivity index (χ1n) is 5.76. The first-order chi connectivity index (χ1) is 8.08. The molecular formula is C11H17BrN4O. The number of amides is 1. The molecule has 5 nitrogen and oxygen atoms in total. The fourth-order valence-electron chi connectivity index (χ4n) is 2.07. The molecule has 1 amide bonds. The molecule has 1 aliphatic rings. The lowest BCUT2D eigenvalue weighted by molar-refractivity contribution is -0.119. The van der Waals surface area contributed by atoms with Gasteiger partial charge in [-0.1, -0.05) is 0 Å². The van der Waals surface area contributed by atoms with Crippen LogP contribution in [-0.4, -0.2) is 28.3 Å². The van der Waals surface area contributed by atoms with Crippen molar-refractivity contribution in [1.29, 1.82) is 0 Å². The van der Waals surface area contributed by atoms with Crippen LogP contribution in [0.2, 0.25) is 0 Å². The molecule has 0 saturated carbocycles. The lowest BCUT2D eigenvalue weighted by atomic mass is 10.2. The predicted molar refractivity (Wildman–Crippen MR) is 68.5 cm³/mol. The standard InChI is InChI=1S/C11H17BrN4O/c1-7-11(12)9(16(2)15-7)6-13-5-8-3-4-10(17)14-8/h8,13H,3-6H2,1-2H3,(H,14,17). The highest BCUT2D eigenvalue weighted by atomic mass is 79.9. The van der Waals surface area contributed by atoms with Crippen molar-refractivity contribution in [1.82, 2.24) is 20.4 Å². The highest BCUT2D eigenvalue weighted by Gasteiger charge is 2.20. The van der Waals surface area contributed by atoms with Crippen LogP contribution in [0.5, 0.6) is 0 Å². The maximum atomic E-state index is 11.0. The van der Waals surface area contributed by atoms with Crippen molar-refractivity contribution in [2.45, 2.75) is 32.4 Å². The van der Waals surface area contributed by atoms with Crippen molar-refractivity contribution >= 4 is 21.8 Å². The van der Waals surface area contributed by atoms with E-state index in [0.29, 0.717) is 6.42 Å². The van der Waals surface area contributed by atoms with Crippen LogP contribution >= 0.6 is 15.9 Å². The van der Waals surface area contributed by atoms with Crippen LogP contribution in [0.3, 0.4) is 0 Å². The van der Waals surface area contributed by atoms with Crippen LogP contribution in [0.25, 0.3) is 0 Å². The van der Waals surface area contributed by atoms with Crippen LogP contribution in [0.15, 0.2) is 4.47 Å². The largest absolute Gasteiger partial charge is 0.352 e. The molecule has 0 aromatic carbocycles. The van der Waals surface area contributed by atoms with Gasteiger partial charge in [-0.3, -0.25) is 9.48 Å². The van der Waals surface area contributed by atoms with Gasteiger partial charge in [-0.2, -0.15) is 5.10 Å². The average Bonchev–Trinajstić information content (AvgIpc) is 2.78. The second kappa shape index (κ2) is 5.18. The van der Waals surface area contributed by atoms with E-state index in [1.807, 2.05) is 18.7 Å². The Kier molecular flexibility index (Phi) is 3.83. The minimum atomic E-state index is 0.161. The lowest BCUT2D eigenvalue weighted by Crippen LogP contribution is -2.35. The number of hydrogen-bond acceptors (Lipinski definition) is 3. The summed E-state index contributed by atoms with van der Waals surface area (Å²) in [5, 5.41) is 10.6. The molecular weight excluding hydrogens is 284 g/mol. The molecule has 2 heterocycles. The maximum absolute atomic E-state index is 11.0. The molecule has 1 aliphatic heterocycles. The number of carbonyl (C=O) groups is 1. The summed E-state index contributed by atoms with van der Waals surface area (Å²) in [6.07, 6.45) is 1.58. The molecule has 2 N–H and O–H groups in total. The molecule has 0 spiro atoms. The van der Waals surface area contributed by atoms with Crippen LogP contribution in [0, 0.1) is 6.92 Å². The van der Waals surface area contributed by atoms with Gasteiger partial charge in [-0.05, 0) is 29.3 Å². The molecule has 0 aliphatic carbocycles. The maximum Gasteiger partial charge on any atom is 0.220 e. The van der Waals surface area contributed by atoms with Crippen LogP contribution < -0.4 is 10.6 Å². The smallest absolute Gasteiger partial charge is 0.220 e. The molecule has 1 unspecified atom stereocenters. The van der Waals surface area contributed by atoms with Gasteiger partial charge in [-0.15, -0.1) is 0 Å². The van der Waals surface area contributed by atoms with E-state index >= 15 is 0 Å². The topological polar surface area (TPSA) is 59.0 Å². The Morgan fingerprint density at radius 3 is 2.94 bits per heavy atom. The summed E-state index contributed by atoms with van der Waals surface area (Å²) < 4.78 is 2.93. The third-order valence-electron chi connectivity index (χ3n) is 3.03. The minimum Gasteiger partial charge on any atom is -0.352 e. The zero-order valence-corrected chi connectivity index (χ0v) is 11.7. The Bertz CT molecular complexity index is 429. The highest BCUT2D eigenvalue weighted by molar-refractivity contribution is 9.10. The van der Waals surface area contributed by atoms with Gasteiger partial charge >= 0.3 is 0 Å². The Morgan fingerprint density at radius 1 is 1.65 bits per heavy atom. The zero-order chi connectivity index (χ0) is 12.4. The van der Waals surface area contributed by atoms with E-state index in [-0.39, 0.29) is 11.9 Å². The Morgan fingerprint density at radius 2 is 2.41 bits per heavy atom. The molecule has 0 radical (unpaired) electrons. The van der Waals surface area contributed by atoms with E-state index in [9.17, 15) is 4.79 Å². The number of nitrogens with zero attached hydrogens (tertiary/aromatic N) is 2. The zero-order valence-electron chi connectivity index (χ0n) is 10.1. The summed E-state index contributed by atoms with van der Waals surface area (Å²) in [5.41, 5.74) is 2.13. The van der Waals surface area contributed by atoms with Crippen molar-refractivity contribution < 1.29 is 4.79 Å². The monoisotopic (exact) mass is 300 g/mol. The number of nitrogens with one attached hydrogen (secondary N) is 2. The van der Waals surface area contributed by atoms with E-state index in [2.05, 4.69) is 31.7 Å². The summed E-state index contributed by atoms with van der Waals surface area (Å²) in [6, 6.07) is 0.274. The molecule has 1 aromatic heterocycles. The van der Waals surface area contributed by atoms with E-state index in [4.69, 9.17) is 0 Å². The van der Waals surface area contributed by atoms with Crippen molar-refractivity contribution in [3.63, 3.8) is 0 Å². The third-order valence-corrected chi connectivity index (χ3v) is 4.06. The summed E-state index contributed by atoms with van der Waals surface area (Å²) in [7, 11) is 1.94. The Labute approximate surface area is 109 Å². The number of carbonyl (C=O) groups excluding carboxylic acids is 1. The van der Waals surface area contributed by atoms with Crippen LogP contribution in [0.1, 0.15) is 24.2 Å². The van der Waals surface area contributed by atoms with Gasteiger partial charge in [0, 0.05) is 32.6 Å². The summed E-state index contributed by atoms with van der Waals surface area (Å²) in [6.45, 7) is 3.54. The number of halogens is 1. The van der Waals surface area contributed by atoms with Crippen molar-refractivity contribution in [3.05, 3.63) is 15.9 Å². The fraction of sp³-hybridized carbons (Fsp3) is 0.636. The van der Waals surface area contributed by atoms with Crippen LogP contribution in [0.4, 0.5) is 0 Å². The fourth-order valence-corrected chi connectivity index (χ4v) is 2.54. The van der Waals surface area contributed by atoms with Crippen LogP contribution in [-0.2, 0) is 18.4 Å². The first-order valence-corrected chi connectivity index (χ1v) is 6.55. The molecule has 0 bridgehead atoms. The lowest BCUT2D eigenvalue weighted by Gasteiger charge is -2.11. The molecule has 1 fully saturated rings.